The van der Waals surface area contributed by atoms with Gasteiger partial charge < -0.3 is 15.1 Å². The number of anilines is 2. The van der Waals surface area contributed by atoms with Crippen molar-refractivity contribution in [3.05, 3.63) is 59.9 Å². The van der Waals surface area contributed by atoms with Crippen LogP contribution < -0.4 is 15.1 Å². The lowest BCUT2D eigenvalue weighted by molar-refractivity contribution is -0.122. The first-order valence-corrected chi connectivity index (χ1v) is 11.3. The molecule has 2 heterocycles. The Morgan fingerprint density at radius 3 is 2.39 bits per heavy atom. The average molecular weight is 425 g/mol. The SMILES string of the molecule is C[C@H]1CN(Cc2ccc(N(C)C(=O)C3CCN(c4ccc(F)cc4)CC3)cc2)CCN1. The molecule has 2 aliphatic rings. The smallest absolute Gasteiger partial charge is 0.229 e. The second-order valence-corrected chi connectivity index (χ2v) is 8.89. The minimum Gasteiger partial charge on any atom is -0.371 e. The number of rotatable bonds is 5. The van der Waals surface area contributed by atoms with E-state index in [-0.39, 0.29) is 17.6 Å². The predicted octanol–water partition coefficient (Wildman–Crippen LogP) is 3.50. The van der Waals surface area contributed by atoms with Crippen LogP contribution in [-0.4, -0.2) is 56.6 Å². The van der Waals surface area contributed by atoms with Crippen LogP contribution in [0.5, 0.6) is 0 Å². The predicted molar refractivity (Wildman–Crippen MR) is 124 cm³/mol. The summed E-state index contributed by atoms with van der Waals surface area (Å²) in [4.78, 5) is 19.6. The molecule has 2 aromatic rings. The number of piperidine rings is 1. The summed E-state index contributed by atoms with van der Waals surface area (Å²) in [5.41, 5.74) is 3.25. The zero-order valence-corrected chi connectivity index (χ0v) is 18.6. The topological polar surface area (TPSA) is 38.8 Å². The van der Waals surface area contributed by atoms with E-state index in [0.717, 1.165) is 63.5 Å². The number of hydrogen-bond acceptors (Lipinski definition) is 4. The van der Waals surface area contributed by atoms with E-state index in [1.165, 1.54) is 17.7 Å². The van der Waals surface area contributed by atoms with E-state index in [0.29, 0.717) is 6.04 Å². The van der Waals surface area contributed by atoms with Crippen molar-refractivity contribution in [3.8, 4) is 0 Å². The van der Waals surface area contributed by atoms with Crippen LogP contribution in [0.4, 0.5) is 15.8 Å². The Bertz CT molecular complexity index is 862. The quantitative estimate of drug-likeness (QED) is 0.798. The second-order valence-electron chi connectivity index (χ2n) is 8.89. The first-order valence-electron chi connectivity index (χ1n) is 11.3. The lowest BCUT2D eigenvalue weighted by Gasteiger charge is -2.34. The lowest BCUT2D eigenvalue weighted by atomic mass is 9.94. The molecule has 1 atom stereocenters. The van der Waals surface area contributed by atoms with E-state index < -0.39 is 0 Å². The van der Waals surface area contributed by atoms with Gasteiger partial charge in [-0.15, -0.1) is 0 Å². The molecule has 6 heteroatoms. The van der Waals surface area contributed by atoms with Crippen molar-refractivity contribution in [1.82, 2.24) is 10.2 Å². The third-order valence-electron chi connectivity index (χ3n) is 6.55. The number of carbonyl (C=O) groups is 1. The summed E-state index contributed by atoms with van der Waals surface area (Å²) < 4.78 is 13.2. The maximum atomic E-state index is 13.2. The fourth-order valence-electron chi connectivity index (χ4n) is 4.68. The van der Waals surface area contributed by atoms with Crippen molar-refractivity contribution in [2.45, 2.75) is 32.4 Å². The molecule has 166 valence electrons. The number of nitrogens with one attached hydrogen (secondary N) is 1. The van der Waals surface area contributed by atoms with Crippen molar-refractivity contribution >= 4 is 17.3 Å². The van der Waals surface area contributed by atoms with E-state index in [1.807, 2.05) is 19.2 Å². The van der Waals surface area contributed by atoms with Gasteiger partial charge in [-0.25, -0.2) is 4.39 Å². The molecular weight excluding hydrogens is 391 g/mol. The van der Waals surface area contributed by atoms with Gasteiger partial charge in [-0.05, 0) is 61.7 Å². The van der Waals surface area contributed by atoms with E-state index in [4.69, 9.17) is 0 Å². The van der Waals surface area contributed by atoms with Gasteiger partial charge >= 0.3 is 0 Å². The number of halogens is 1. The van der Waals surface area contributed by atoms with Gasteiger partial charge in [-0.3, -0.25) is 9.69 Å². The van der Waals surface area contributed by atoms with Gasteiger partial charge in [-0.2, -0.15) is 0 Å². The molecule has 0 aliphatic carbocycles. The van der Waals surface area contributed by atoms with Crippen molar-refractivity contribution in [1.29, 1.82) is 0 Å². The fraction of sp³-hybridized carbons (Fsp3) is 0.480. The van der Waals surface area contributed by atoms with E-state index in [1.54, 1.807) is 4.90 Å². The van der Waals surface area contributed by atoms with Crippen LogP contribution in [0, 0.1) is 11.7 Å². The first kappa shape index (κ1) is 21.8. The Morgan fingerprint density at radius 1 is 1.06 bits per heavy atom. The van der Waals surface area contributed by atoms with Crippen LogP contribution in [0.2, 0.25) is 0 Å². The molecule has 4 rings (SSSR count). The zero-order chi connectivity index (χ0) is 21.8. The van der Waals surface area contributed by atoms with Crippen molar-refractivity contribution < 1.29 is 9.18 Å². The van der Waals surface area contributed by atoms with Crippen molar-refractivity contribution in [2.24, 2.45) is 5.92 Å². The second kappa shape index (κ2) is 9.79. The van der Waals surface area contributed by atoms with Gasteiger partial charge in [0.2, 0.25) is 5.91 Å². The number of piperazine rings is 1. The molecule has 0 radical (unpaired) electrons. The Kier molecular flexibility index (Phi) is 6.88. The lowest BCUT2D eigenvalue weighted by Crippen LogP contribution is -2.48. The van der Waals surface area contributed by atoms with Gasteiger partial charge in [-0.1, -0.05) is 12.1 Å². The summed E-state index contributed by atoms with van der Waals surface area (Å²) in [7, 11) is 1.88. The average Bonchev–Trinajstić information content (AvgIpc) is 2.79. The highest BCUT2D eigenvalue weighted by Crippen LogP contribution is 2.26. The minimum absolute atomic E-state index is 0.0312. The van der Waals surface area contributed by atoms with Crippen LogP contribution in [0.3, 0.4) is 0 Å². The molecule has 0 unspecified atom stereocenters. The molecule has 0 saturated carbocycles. The van der Waals surface area contributed by atoms with Crippen LogP contribution in [0.15, 0.2) is 48.5 Å². The van der Waals surface area contributed by atoms with Gasteiger partial charge in [0.1, 0.15) is 5.82 Å². The van der Waals surface area contributed by atoms with E-state index >= 15 is 0 Å². The molecule has 2 saturated heterocycles. The van der Waals surface area contributed by atoms with Gasteiger partial charge in [0.15, 0.2) is 0 Å². The van der Waals surface area contributed by atoms with Gasteiger partial charge in [0.05, 0.1) is 0 Å². The molecule has 31 heavy (non-hydrogen) atoms. The highest BCUT2D eigenvalue weighted by Gasteiger charge is 2.28. The molecule has 2 aromatic carbocycles. The van der Waals surface area contributed by atoms with Gasteiger partial charge in [0.25, 0.3) is 0 Å². The number of amides is 1. The van der Waals surface area contributed by atoms with Crippen LogP contribution in [-0.2, 0) is 11.3 Å². The largest absolute Gasteiger partial charge is 0.371 e. The summed E-state index contributed by atoms with van der Waals surface area (Å²) in [6.45, 7) is 7.98. The van der Waals surface area contributed by atoms with Crippen molar-refractivity contribution in [3.63, 3.8) is 0 Å². The standard InChI is InChI=1S/C25H33FN4O/c1-19-17-29(16-13-27-19)18-20-3-7-23(8-4-20)28(2)25(31)21-11-14-30(15-12-21)24-9-5-22(26)6-10-24/h3-10,19,21,27H,11-18H2,1-2H3/t19-/m0/s1. The maximum Gasteiger partial charge on any atom is 0.229 e. The fourth-order valence-corrected chi connectivity index (χ4v) is 4.68. The molecule has 2 aliphatic heterocycles. The summed E-state index contributed by atoms with van der Waals surface area (Å²) in [5.74, 6) is -0.00454. The maximum absolute atomic E-state index is 13.2. The molecule has 0 spiro atoms. The third-order valence-corrected chi connectivity index (χ3v) is 6.55. The summed E-state index contributed by atoms with van der Waals surface area (Å²) in [5, 5.41) is 3.48. The molecule has 0 bridgehead atoms. The van der Waals surface area contributed by atoms with E-state index in [9.17, 15) is 9.18 Å². The number of hydrogen-bond donors (Lipinski definition) is 1. The summed E-state index contributed by atoms with van der Waals surface area (Å²) in [6.07, 6.45) is 1.64. The monoisotopic (exact) mass is 424 g/mol. The Balaban J connectivity index is 1.30. The molecule has 2 fully saturated rings. The number of nitrogens with zero attached hydrogens (tertiary/aromatic N) is 3. The summed E-state index contributed by atoms with van der Waals surface area (Å²) in [6, 6.07) is 15.6. The highest BCUT2D eigenvalue weighted by molar-refractivity contribution is 5.94. The van der Waals surface area contributed by atoms with Crippen LogP contribution >= 0.6 is 0 Å². The molecule has 1 N–H and O–H groups in total. The Morgan fingerprint density at radius 2 is 1.74 bits per heavy atom. The minimum atomic E-state index is -0.219. The number of benzene rings is 2. The summed E-state index contributed by atoms with van der Waals surface area (Å²) >= 11 is 0. The molecular formula is C25H33FN4O. The zero-order valence-electron chi connectivity index (χ0n) is 18.6. The molecule has 5 nitrogen and oxygen atoms in total. The van der Waals surface area contributed by atoms with E-state index in [2.05, 4.69) is 46.3 Å². The van der Waals surface area contributed by atoms with Crippen molar-refractivity contribution in [2.75, 3.05) is 49.6 Å². The number of carbonyl (C=O) groups excluding carboxylic acids is 1. The van der Waals surface area contributed by atoms with Gasteiger partial charge in [0, 0.05) is 69.7 Å². The normalized spacial score (nSPS) is 20.6. The third kappa shape index (κ3) is 5.43. The first-order chi connectivity index (χ1) is 15.0. The van der Waals surface area contributed by atoms with Crippen LogP contribution in [0.1, 0.15) is 25.3 Å². The Hall–Kier alpha value is -2.44. The molecule has 1 amide bonds. The van der Waals surface area contributed by atoms with Crippen LogP contribution in [0.25, 0.3) is 0 Å². The molecule has 0 aromatic heterocycles. The highest BCUT2D eigenvalue weighted by atomic mass is 19.1. The Labute approximate surface area is 184 Å².